The van der Waals surface area contributed by atoms with Gasteiger partial charge in [0.15, 0.2) is 24.0 Å². The molecule has 0 heterocycles. The Hall–Kier alpha value is -0.625. The zero-order valence-electron chi connectivity index (χ0n) is 6.67. The third kappa shape index (κ3) is 1.63. The fourth-order valence-electron chi connectivity index (χ4n) is 1.24. The monoisotopic (exact) mass is 216 g/mol. The van der Waals surface area contributed by atoms with Gasteiger partial charge in [-0.25, -0.2) is 22.0 Å². The van der Waals surface area contributed by atoms with Gasteiger partial charge in [0.25, 0.3) is 0 Å². The lowest BCUT2D eigenvalue weighted by atomic mass is 9.64. The minimum Gasteiger partial charge on any atom is -0.427 e. The van der Waals surface area contributed by atoms with Crippen LogP contribution in [0.5, 0.6) is 0 Å². The van der Waals surface area contributed by atoms with Gasteiger partial charge in [0.1, 0.15) is 6.17 Å². The molecule has 4 atom stereocenters. The van der Waals surface area contributed by atoms with E-state index >= 15 is 0 Å². The molecular weight excluding hydrogens is 210 g/mol. The molecule has 14 heavy (non-hydrogen) atoms. The van der Waals surface area contributed by atoms with Gasteiger partial charge in [-0.3, -0.25) is 0 Å². The maximum atomic E-state index is 12.8. The average Bonchev–Trinajstić information content (AvgIpc) is 2.11. The van der Waals surface area contributed by atoms with E-state index < -0.39 is 43.1 Å². The Labute approximate surface area is 76.2 Å². The number of hydrogen-bond acceptors (Lipinski definition) is 2. The smallest absolute Gasteiger partial charge is 0.427 e. The van der Waals surface area contributed by atoms with Gasteiger partial charge in [-0.05, 0) is 0 Å². The van der Waals surface area contributed by atoms with Crippen molar-refractivity contribution in [2.45, 2.75) is 24.3 Å². The van der Waals surface area contributed by atoms with Crippen LogP contribution in [-0.2, 0) is 0 Å². The Morgan fingerprint density at radius 2 is 1.36 bits per heavy atom. The van der Waals surface area contributed by atoms with Crippen molar-refractivity contribution in [3.8, 4) is 0 Å². The third-order valence-corrected chi connectivity index (χ3v) is 2.04. The van der Waals surface area contributed by atoms with E-state index in [1.807, 2.05) is 0 Å². The van der Waals surface area contributed by atoms with Crippen LogP contribution in [0.3, 0.4) is 0 Å². The highest BCUT2D eigenvalue weighted by Crippen LogP contribution is 2.41. The number of halogens is 5. The molecular formula is C6H6BF5O2. The summed E-state index contributed by atoms with van der Waals surface area (Å²) < 4.78 is 63.0. The summed E-state index contributed by atoms with van der Waals surface area (Å²) in [6, 6.07) is 0. The van der Waals surface area contributed by atoms with Gasteiger partial charge in [0, 0.05) is 0 Å². The fourth-order valence-corrected chi connectivity index (χ4v) is 1.24. The number of hydrogen-bond donors (Lipinski definition) is 2. The molecule has 0 spiro atoms. The topological polar surface area (TPSA) is 40.5 Å². The summed E-state index contributed by atoms with van der Waals surface area (Å²) in [6.45, 7) is 0. The number of rotatable bonds is 1. The SMILES string of the molecule is OB(O)C1C(F)C(F)=C(F)C(F)C1F. The normalized spacial score (nSPS) is 38.8. The highest BCUT2D eigenvalue weighted by atomic mass is 19.2. The van der Waals surface area contributed by atoms with E-state index in [4.69, 9.17) is 10.0 Å². The summed E-state index contributed by atoms with van der Waals surface area (Å²) in [5.41, 5.74) is 0. The zero-order chi connectivity index (χ0) is 11.0. The van der Waals surface area contributed by atoms with Crippen LogP contribution in [0.4, 0.5) is 22.0 Å². The molecule has 0 saturated heterocycles. The van der Waals surface area contributed by atoms with Crippen molar-refractivity contribution in [2.75, 3.05) is 0 Å². The molecule has 0 aromatic rings. The van der Waals surface area contributed by atoms with Gasteiger partial charge in [-0.2, -0.15) is 0 Å². The van der Waals surface area contributed by atoms with E-state index in [-0.39, 0.29) is 0 Å². The third-order valence-electron chi connectivity index (χ3n) is 2.04. The lowest BCUT2D eigenvalue weighted by Crippen LogP contribution is -2.43. The highest BCUT2D eigenvalue weighted by Gasteiger charge is 2.52. The van der Waals surface area contributed by atoms with E-state index in [0.717, 1.165) is 0 Å². The molecule has 0 radical (unpaired) electrons. The van der Waals surface area contributed by atoms with Crippen molar-refractivity contribution in [3.05, 3.63) is 11.7 Å². The lowest BCUT2D eigenvalue weighted by Gasteiger charge is -2.29. The molecule has 0 saturated carbocycles. The molecule has 0 aliphatic heterocycles. The van der Waals surface area contributed by atoms with Gasteiger partial charge in [0.2, 0.25) is 0 Å². The first-order chi connectivity index (χ1) is 6.37. The fraction of sp³-hybridized carbons (Fsp3) is 0.667. The van der Waals surface area contributed by atoms with Gasteiger partial charge in [-0.15, -0.1) is 0 Å². The van der Waals surface area contributed by atoms with E-state index in [1.54, 1.807) is 0 Å². The molecule has 4 unspecified atom stereocenters. The predicted octanol–water partition coefficient (Wildman–Crippen LogP) is 1.01. The first-order valence-corrected chi connectivity index (χ1v) is 3.71. The van der Waals surface area contributed by atoms with Crippen LogP contribution in [0.15, 0.2) is 11.7 Å². The zero-order valence-corrected chi connectivity index (χ0v) is 6.67. The summed E-state index contributed by atoms with van der Waals surface area (Å²) >= 11 is 0. The Bertz CT molecular complexity index is 259. The van der Waals surface area contributed by atoms with E-state index in [9.17, 15) is 22.0 Å². The van der Waals surface area contributed by atoms with E-state index in [1.165, 1.54) is 0 Å². The summed E-state index contributed by atoms with van der Waals surface area (Å²) in [7, 11) is -2.59. The number of alkyl halides is 3. The van der Waals surface area contributed by atoms with Gasteiger partial charge < -0.3 is 10.0 Å². The summed E-state index contributed by atoms with van der Waals surface area (Å²) in [5.74, 6) is -6.63. The minimum atomic E-state index is -2.99. The maximum Gasteiger partial charge on any atom is 0.461 e. The van der Waals surface area contributed by atoms with Crippen LogP contribution in [0.2, 0.25) is 5.82 Å². The average molecular weight is 216 g/mol. The second-order valence-corrected chi connectivity index (χ2v) is 2.93. The van der Waals surface area contributed by atoms with Crippen molar-refractivity contribution < 1.29 is 32.0 Å². The molecule has 0 aromatic carbocycles. The molecule has 1 rings (SSSR count). The predicted molar refractivity (Wildman–Crippen MR) is 37.9 cm³/mol. The molecule has 1 aliphatic carbocycles. The van der Waals surface area contributed by atoms with Crippen molar-refractivity contribution in [2.24, 2.45) is 0 Å². The van der Waals surface area contributed by atoms with Gasteiger partial charge in [0.05, 0.1) is 5.82 Å². The van der Waals surface area contributed by atoms with Crippen LogP contribution in [0.25, 0.3) is 0 Å². The first-order valence-electron chi connectivity index (χ1n) is 3.71. The molecule has 80 valence electrons. The first kappa shape index (κ1) is 11.4. The standard InChI is InChI=1S/C6H6BF5O2/c8-2-1(7(13)14)3(9)5(11)6(12)4(2)10/h1-4,13-14H. The largest absolute Gasteiger partial charge is 0.461 e. The van der Waals surface area contributed by atoms with Crippen molar-refractivity contribution in [3.63, 3.8) is 0 Å². The van der Waals surface area contributed by atoms with Gasteiger partial charge in [-0.1, -0.05) is 0 Å². The molecule has 0 fully saturated rings. The molecule has 2 N–H and O–H groups in total. The van der Waals surface area contributed by atoms with Crippen molar-refractivity contribution >= 4 is 7.12 Å². The Kier molecular flexibility index (Phi) is 3.15. The molecule has 1 aliphatic rings. The van der Waals surface area contributed by atoms with E-state index in [2.05, 4.69) is 0 Å². The second kappa shape index (κ2) is 3.86. The van der Waals surface area contributed by atoms with Crippen molar-refractivity contribution in [1.82, 2.24) is 0 Å². The Morgan fingerprint density at radius 1 is 0.929 bits per heavy atom. The quantitative estimate of drug-likeness (QED) is 0.507. The summed E-state index contributed by atoms with van der Waals surface area (Å²) in [5, 5.41) is 16.9. The lowest BCUT2D eigenvalue weighted by molar-refractivity contribution is 0.0900. The summed E-state index contributed by atoms with van der Waals surface area (Å²) in [4.78, 5) is 0. The molecule has 2 nitrogen and oxygen atoms in total. The number of allylic oxidation sites excluding steroid dienone is 2. The van der Waals surface area contributed by atoms with Crippen LogP contribution in [0.1, 0.15) is 0 Å². The van der Waals surface area contributed by atoms with Crippen LogP contribution >= 0.6 is 0 Å². The van der Waals surface area contributed by atoms with Crippen LogP contribution in [0, 0.1) is 0 Å². The molecule has 0 amide bonds. The van der Waals surface area contributed by atoms with Crippen molar-refractivity contribution in [1.29, 1.82) is 0 Å². The molecule has 0 aromatic heterocycles. The second-order valence-electron chi connectivity index (χ2n) is 2.93. The van der Waals surface area contributed by atoms with Crippen LogP contribution < -0.4 is 0 Å². The highest BCUT2D eigenvalue weighted by molar-refractivity contribution is 6.43. The Morgan fingerprint density at radius 3 is 1.79 bits per heavy atom. The van der Waals surface area contributed by atoms with Gasteiger partial charge >= 0.3 is 7.12 Å². The van der Waals surface area contributed by atoms with E-state index in [0.29, 0.717) is 0 Å². The molecule has 8 heteroatoms. The van der Waals surface area contributed by atoms with Crippen LogP contribution in [-0.4, -0.2) is 35.7 Å². The molecule has 0 bridgehead atoms. The minimum absolute atomic E-state index is 2.12. The Balaban J connectivity index is 3.04. The summed E-state index contributed by atoms with van der Waals surface area (Å²) in [6.07, 6.45) is -8.68. The maximum absolute atomic E-state index is 12.8.